The van der Waals surface area contributed by atoms with Crippen LogP contribution in [0.5, 0.6) is 0 Å². The molecule has 0 saturated carbocycles. The molecule has 1 fully saturated rings. The summed E-state index contributed by atoms with van der Waals surface area (Å²) in [6.07, 6.45) is 0.611. The smallest absolute Gasteiger partial charge is 0.336 e. The Kier molecular flexibility index (Phi) is 10.0. The standard InChI is InChI=1S/C29H32Cl2N4O6/c1-18-24(28(36)40-3)26(20-7-4-8-21(17-20)35(38)39)25(19(2)32-18)29(37)41-16-6-11-33-12-14-34(15-13-33)23-10-5-9-22(30)27(23)31/h4-5,7-10,17,24,26H,6,11-16H2,1-3H3. The van der Waals surface area contributed by atoms with Gasteiger partial charge in [-0.3, -0.25) is 24.8 Å². The summed E-state index contributed by atoms with van der Waals surface area (Å²) in [6.45, 7) is 7.49. The summed E-state index contributed by atoms with van der Waals surface area (Å²) in [5.74, 6) is -2.94. The SMILES string of the molecule is COC(=O)C1C(C)=NC(C)=C(C(=O)OCCCN2CCN(c3cccc(Cl)c3Cl)CC2)C1c1cccc([N+](=O)[O-])c1. The third-order valence-electron chi connectivity index (χ3n) is 7.44. The van der Waals surface area contributed by atoms with E-state index in [1.807, 2.05) is 12.1 Å². The van der Waals surface area contributed by atoms with Crippen molar-refractivity contribution in [3.8, 4) is 0 Å². The van der Waals surface area contributed by atoms with Crippen LogP contribution in [0, 0.1) is 16.0 Å². The quantitative estimate of drug-likeness (QED) is 0.165. The Morgan fingerprint density at radius 3 is 2.49 bits per heavy atom. The van der Waals surface area contributed by atoms with Gasteiger partial charge in [-0.05, 0) is 38.0 Å². The van der Waals surface area contributed by atoms with Gasteiger partial charge in [-0.2, -0.15) is 0 Å². The maximum atomic E-state index is 13.4. The number of anilines is 1. The third-order valence-corrected chi connectivity index (χ3v) is 8.25. The number of halogens is 2. The van der Waals surface area contributed by atoms with Gasteiger partial charge in [-0.15, -0.1) is 0 Å². The zero-order valence-corrected chi connectivity index (χ0v) is 24.7. The number of nitro benzene ring substituents is 1. The Morgan fingerprint density at radius 2 is 1.80 bits per heavy atom. The Bertz CT molecular complexity index is 1390. The van der Waals surface area contributed by atoms with Crippen molar-refractivity contribution in [1.82, 2.24) is 4.90 Å². The van der Waals surface area contributed by atoms with Crippen molar-refractivity contribution in [3.63, 3.8) is 0 Å². The van der Waals surface area contributed by atoms with Crippen LogP contribution in [0.4, 0.5) is 11.4 Å². The second kappa shape index (κ2) is 13.5. The Balaban J connectivity index is 1.40. The van der Waals surface area contributed by atoms with E-state index in [4.69, 9.17) is 32.7 Å². The van der Waals surface area contributed by atoms with E-state index in [-0.39, 0.29) is 17.9 Å². The Labute approximate surface area is 248 Å². The van der Waals surface area contributed by atoms with Gasteiger partial charge in [-0.1, -0.05) is 41.4 Å². The number of esters is 2. The lowest BCUT2D eigenvalue weighted by molar-refractivity contribution is -0.384. The molecular weight excluding hydrogens is 571 g/mol. The maximum absolute atomic E-state index is 13.4. The highest BCUT2D eigenvalue weighted by Crippen LogP contribution is 2.41. The first kappa shape index (κ1) is 30.5. The molecule has 2 aromatic carbocycles. The van der Waals surface area contributed by atoms with Crippen LogP contribution in [0.3, 0.4) is 0 Å². The molecule has 0 bridgehead atoms. The van der Waals surface area contributed by atoms with Gasteiger partial charge >= 0.3 is 11.9 Å². The number of benzene rings is 2. The van der Waals surface area contributed by atoms with E-state index < -0.39 is 28.7 Å². The van der Waals surface area contributed by atoms with Crippen LogP contribution in [0.25, 0.3) is 0 Å². The molecule has 2 aliphatic rings. The van der Waals surface area contributed by atoms with Gasteiger partial charge in [-0.25, -0.2) is 4.79 Å². The van der Waals surface area contributed by atoms with E-state index in [2.05, 4.69) is 14.8 Å². The van der Waals surface area contributed by atoms with E-state index in [1.54, 1.807) is 26.0 Å². The Hall–Kier alpha value is -3.47. The summed E-state index contributed by atoms with van der Waals surface area (Å²) < 4.78 is 10.7. The molecule has 10 nitrogen and oxygen atoms in total. The van der Waals surface area contributed by atoms with Gasteiger partial charge in [0.15, 0.2) is 0 Å². The number of aliphatic imine (C=N–C) groups is 1. The molecule has 2 atom stereocenters. The highest BCUT2D eigenvalue weighted by Gasteiger charge is 2.42. The molecule has 0 aromatic heterocycles. The van der Waals surface area contributed by atoms with Crippen LogP contribution in [0.2, 0.25) is 10.0 Å². The molecule has 1 saturated heterocycles. The molecule has 0 amide bonds. The van der Waals surface area contributed by atoms with Crippen LogP contribution in [-0.4, -0.2) is 73.9 Å². The summed E-state index contributed by atoms with van der Waals surface area (Å²) in [4.78, 5) is 46.1. The van der Waals surface area contributed by atoms with Crippen molar-refractivity contribution < 1.29 is 24.0 Å². The molecule has 218 valence electrons. The molecule has 2 heterocycles. The first-order chi connectivity index (χ1) is 19.6. The number of non-ortho nitro benzene ring substituents is 1. The summed E-state index contributed by atoms with van der Waals surface area (Å²) in [6, 6.07) is 11.5. The third kappa shape index (κ3) is 6.89. The normalized spacial score (nSPS) is 19.5. The van der Waals surface area contributed by atoms with Gasteiger partial charge < -0.3 is 14.4 Å². The molecule has 0 N–H and O–H groups in total. The van der Waals surface area contributed by atoms with Crippen LogP contribution < -0.4 is 4.90 Å². The molecule has 0 radical (unpaired) electrons. The second-order valence-electron chi connectivity index (χ2n) is 9.97. The van der Waals surface area contributed by atoms with Gasteiger partial charge in [0, 0.05) is 62.2 Å². The summed E-state index contributed by atoms with van der Waals surface area (Å²) in [5.41, 5.74) is 2.27. The number of ether oxygens (including phenoxy) is 2. The number of nitrogens with zero attached hydrogens (tertiary/aromatic N) is 4. The van der Waals surface area contributed by atoms with E-state index in [0.29, 0.717) is 33.4 Å². The van der Waals surface area contributed by atoms with Crippen molar-refractivity contribution >= 4 is 52.2 Å². The first-order valence-electron chi connectivity index (χ1n) is 13.3. The number of hydrogen-bond donors (Lipinski definition) is 0. The lowest BCUT2D eigenvalue weighted by atomic mass is 9.75. The number of carbonyl (C=O) groups is 2. The summed E-state index contributed by atoms with van der Waals surface area (Å²) in [7, 11) is 1.26. The second-order valence-corrected chi connectivity index (χ2v) is 10.8. The van der Waals surface area contributed by atoms with Crippen molar-refractivity contribution in [2.24, 2.45) is 10.9 Å². The monoisotopic (exact) mass is 602 g/mol. The molecule has 41 heavy (non-hydrogen) atoms. The molecule has 2 unspecified atom stereocenters. The van der Waals surface area contributed by atoms with E-state index in [1.165, 1.54) is 25.3 Å². The molecular formula is C29H32Cl2N4O6. The molecule has 12 heteroatoms. The highest BCUT2D eigenvalue weighted by molar-refractivity contribution is 6.43. The summed E-state index contributed by atoms with van der Waals surface area (Å²) >= 11 is 12.5. The largest absolute Gasteiger partial charge is 0.468 e. The molecule has 2 aromatic rings. The van der Waals surface area contributed by atoms with E-state index >= 15 is 0 Å². The van der Waals surface area contributed by atoms with Crippen molar-refractivity contribution in [3.05, 3.63) is 79.5 Å². The summed E-state index contributed by atoms with van der Waals surface area (Å²) in [5, 5.41) is 12.5. The lowest BCUT2D eigenvalue weighted by Gasteiger charge is -2.36. The minimum Gasteiger partial charge on any atom is -0.468 e. The first-order valence-corrected chi connectivity index (χ1v) is 14.0. The number of carbonyl (C=O) groups excluding carboxylic acids is 2. The van der Waals surface area contributed by atoms with Gasteiger partial charge in [0.25, 0.3) is 5.69 Å². The number of methoxy groups -OCH3 is 1. The van der Waals surface area contributed by atoms with Crippen LogP contribution in [-0.2, 0) is 19.1 Å². The number of rotatable bonds is 9. The Morgan fingerprint density at radius 1 is 1.10 bits per heavy atom. The van der Waals surface area contributed by atoms with E-state index in [9.17, 15) is 19.7 Å². The van der Waals surface area contributed by atoms with Crippen LogP contribution in [0.15, 0.2) is 58.7 Å². The van der Waals surface area contributed by atoms with E-state index in [0.717, 1.165) is 38.4 Å². The van der Waals surface area contributed by atoms with Crippen molar-refractivity contribution in [2.45, 2.75) is 26.2 Å². The van der Waals surface area contributed by atoms with Gasteiger partial charge in [0.2, 0.25) is 0 Å². The highest BCUT2D eigenvalue weighted by atomic mass is 35.5. The molecule has 0 aliphatic carbocycles. The number of hydrogen-bond acceptors (Lipinski definition) is 9. The van der Waals surface area contributed by atoms with Crippen molar-refractivity contribution in [1.29, 1.82) is 0 Å². The number of piperazine rings is 1. The van der Waals surface area contributed by atoms with Crippen LogP contribution >= 0.6 is 23.2 Å². The predicted molar refractivity (Wildman–Crippen MR) is 158 cm³/mol. The number of nitro groups is 1. The fraction of sp³-hybridized carbons (Fsp3) is 0.414. The minimum atomic E-state index is -0.919. The fourth-order valence-corrected chi connectivity index (χ4v) is 5.82. The van der Waals surface area contributed by atoms with Gasteiger partial charge in [0.1, 0.15) is 5.92 Å². The zero-order valence-electron chi connectivity index (χ0n) is 23.1. The number of allylic oxidation sites excluding steroid dienone is 1. The van der Waals surface area contributed by atoms with Gasteiger partial charge in [0.05, 0.1) is 39.9 Å². The molecule has 0 spiro atoms. The average molecular weight is 604 g/mol. The topological polar surface area (TPSA) is 115 Å². The average Bonchev–Trinajstić information content (AvgIpc) is 2.96. The van der Waals surface area contributed by atoms with Crippen molar-refractivity contribution in [2.75, 3.05) is 51.3 Å². The fourth-order valence-electron chi connectivity index (χ4n) is 5.41. The lowest BCUT2D eigenvalue weighted by Crippen LogP contribution is -2.46. The predicted octanol–water partition coefficient (Wildman–Crippen LogP) is 5.28. The molecule has 2 aliphatic heterocycles. The minimum absolute atomic E-state index is 0.144. The molecule has 4 rings (SSSR count). The maximum Gasteiger partial charge on any atom is 0.336 e. The zero-order chi connectivity index (χ0) is 29.7. The van der Waals surface area contributed by atoms with Crippen LogP contribution in [0.1, 0.15) is 31.7 Å².